The number of carbonyl (C=O) groups excluding carboxylic acids is 2. The Morgan fingerprint density at radius 2 is 1.83 bits per heavy atom. The van der Waals surface area contributed by atoms with Crippen LogP contribution in [-0.2, 0) is 16.2 Å². The Balaban J connectivity index is 1.65. The van der Waals surface area contributed by atoms with Crippen LogP contribution in [0.25, 0.3) is 0 Å². The molecule has 0 radical (unpaired) electrons. The number of amides is 2. The smallest absolute Gasteiger partial charge is 0.329 e. The van der Waals surface area contributed by atoms with Gasteiger partial charge in [0.1, 0.15) is 12.4 Å². The highest BCUT2D eigenvalue weighted by Gasteiger charge is 2.15. The van der Waals surface area contributed by atoms with E-state index in [2.05, 4.69) is 31.8 Å². The molecule has 0 aliphatic carbocycles. The molecule has 10 heteroatoms. The van der Waals surface area contributed by atoms with E-state index in [1.54, 1.807) is 30.3 Å². The maximum Gasteiger partial charge on any atom is 0.329 e. The zero-order chi connectivity index (χ0) is 25.5. The molecule has 3 aromatic carbocycles. The van der Waals surface area contributed by atoms with E-state index < -0.39 is 17.6 Å². The molecule has 7 nitrogen and oxygen atoms in total. The van der Waals surface area contributed by atoms with Crippen LogP contribution in [0.5, 0.6) is 11.5 Å². The fourth-order valence-corrected chi connectivity index (χ4v) is 4.01. The summed E-state index contributed by atoms with van der Waals surface area (Å²) < 4.78 is 25.7. The van der Waals surface area contributed by atoms with Crippen LogP contribution in [0.4, 0.5) is 10.1 Å². The van der Waals surface area contributed by atoms with E-state index in [4.69, 9.17) is 21.1 Å². The number of halogens is 3. The standard InChI is InChI=1S/C25H22BrClFN3O4/c1-14-7-15(2)9-17(8-14)30-24(32)25(33)31-29-12-16-10-19(26)23(22(11-16)34-3)35-13-18-20(27)5-4-6-21(18)28/h4-12H,13H2,1-3H3,(H,30,32)(H,31,33). The molecular formula is C25H22BrClFN3O4. The van der Waals surface area contributed by atoms with Crippen molar-refractivity contribution in [2.24, 2.45) is 5.10 Å². The number of benzene rings is 3. The number of hydrogen-bond acceptors (Lipinski definition) is 5. The molecule has 0 unspecified atom stereocenters. The lowest BCUT2D eigenvalue weighted by molar-refractivity contribution is -0.136. The number of nitrogens with zero attached hydrogens (tertiary/aromatic N) is 1. The molecule has 2 N–H and O–H groups in total. The van der Waals surface area contributed by atoms with Crippen molar-refractivity contribution < 1.29 is 23.5 Å². The third kappa shape index (κ3) is 7.03. The van der Waals surface area contributed by atoms with Crippen LogP contribution >= 0.6 is 27.5 Å². The van der Waals surface area contributed by atoms with E-state index in [1.807, 2.05) is 19.9 Å². The van der Waals surface area contributed by atoms with Gasteiger partial charge in [-0.15, -0.1) is 0 Å². The molecule has 3 aromatic rings. The highest BCUT2D eigenvalue weighted by atomic mass is 79.9. The quantitative estimate of drug-likeness (QED) is 0.225. The Morgan fingerprint density at radius 1 is 1.11 bits per heavy atom. The van der Waals surface area contributed by atoms with Crippen LogP contribution in [0.2, 0.25) is 5.02 Å². The summed E-state index contributed by atoms with van der Waals surface area (Å²) in [5.74, 6) is -1.57. The highest BCUT2D eigenvalue weighted by molar-refractivity contribution is 9.10. The summed E-state index contributed by atoms with van der Waals surface area (Å²) in [4.78, 5) is 24.2. The maximum absolute atomic E-state index is 14.0. The second-order valence-corrected chi connectivity index (χ2v) is 8.81. The minimum Gasteiger partial charge on any atom is -0.493 e. The summed E-state index contributed by atoms with van der Waals surface area (Å²) in [7, 11) is 1.45. The van der Waals surface area contributed by atoms with Gasteiger partial charge in [0.2, 0.25) is 0 Å². The van der Waals surface area contributed by atoms with Crippen molar-refractivity contribution in [3.8, 4) is 11.5 Å². The Hall–Kier alpha value is -3.43. The molecule has 0 fully saturated rings. The number of aryl methyl sites for hydroxylation is 2. The number of hydrazone groups is 1. The minimum absolute atomic E-state index is 0.112. The fourth-order valence-electron chi connectivity index (χ4n) is 3.22. The van der Waals surface area contributed by atoms with Crippen molar-refractivity contribution in [3.63, 3.8) is 0 Å². The van der Waals surface area contributed by atoms with Crippen LogP contribution in [0.15, 0.2) is 58.1 Å². The van der Waals surface area contributed by atoms with Crippen LogP contribution in [0.3, 0.4) is 0 Å². The van der Waals surface area contributed by atoms with Gasteiger partial charge in [0.25, 0.3) is 0 Å². The third-order valence-electron chi connectivity index (χ3n) is 4.74. The van der Waals surface area contributed by atoms with E-state index in [9.17, 15) is 14.0 Å². The molecule has 0 aliphatic rings. The Morgan fingerprint density at radius 3 is 2.49 bits per heavy atom. The Kier molecular flexibility index (Phi) is 8.84. The number of rotatable bonds is 7. The predicted octanol–water partition coefficient (Wildman–Crippen LogP) is 5.53. The largest absolute Gasteiger partial charge is 0.493 e. The van der Waals surface area contributed by atoms with Gasteiger partial charge in [0, 0.05) is 11.3 Å². The van der Waals surface area contributed by atoms with Crippen LogP contribution in [0.1, 0.15) is 22.3 Å². The molecule has 3 rings (SSSR count). The van der Waals surface area contributed by atoms with Gasteiger partial charge in [-0.1, -0.05) is 23.7 Å². The van der Waals surface area contributed by atoms with Crippen molar-refractivity contribution in [3.05, 3.63) is 86.1 Å². The van der Waals surface area contributed by atoms with E-state index in [-0.39, 0.29) is 17.2 Å². The molecule has 0 heterocycles. The lowest BCUT2D eigenvalue weighted by Gasteiger charge is -2.14. The molecule has 0 saturated carbocycles. The number of methoxy groups -OCH3 is 1. The Bertz CT molecular complexity index is 1260. The van der Waals surface area contributed by atoms with E-state index in [0.717, 1.165) is 11.1 Å². The summed E-state index contributed by atoms with van der Waals surface area (Å²) in [5, 5.41) is 6.62. The molecule has 0 aromatic heterocycles. The zero-order valence-corrected chi connectivity index (χ0v) is 21.5. The number of nitrogens with one attached hydrogen (secondary N) is 2. The van der Waals surface area contributed by atoms with Crippen molar-refractivity contribution in [2.45, 2.75) is 20.5 Å². The normalized spacial score (nSPS) is 10.8. The molecule has 0 spiro atoms. The third-order valence-corrected chi connectivity index (χ3v) is 5.68. The molecule has 0 bridgehead atoms. The van der Waals surface area contributed by atoms with Crippen LogP contribution in [-0.4, -0.2) is 25.1 Å². The minimum atomic E-state index is -0.923. The highest BCUT2D eigenvalue weighted by Crippen LogP contribution is 2.37. The molecule has 35 heavy (non-hydrogen) atoms. The topological polar surface area (TPSA) is 89.0 Å². The summed E-state index contributed by atoms with van der Waals surface area (Å²) in [6.07, 6.45) is 1.34. The summed E-state index contributed by atoms with van der Waals surface area (Å²) in [5.41, 5.74) is 5.39. The molecule has 2 amide bonds. The lowest BCUT2D eigenvalue weighted by atomic mass is 10.1. The van der Waals surface area contributed by atoms with E-state index in [1.165, 1.54) is 25.5 Å². The molecule has 0 saturated heterocycles. The first-order valence-corrected chi connectivity index (χ1v) is 11.5. The molecule has 182 valence electrons. The second kappa shape index (κ2) is 11.8. The molecule has 0 aliphatic heterocycles. The summed E-state index contributed by atoms with van der Waals surface area (Å²) >= 11 is 9.45. The van der Waals surface area contributed by atoms with E-state index >= 15 is 0 Å². The number of carbonyl (C=O) groups is 2. The monoisotopic (exact) mass is 561 g/mol. The van der Waals surface area contributed by atoms with Gasteiger partial charge >= 0.3 is 11.8 Å². The number of ether oxygens (including phenoxy) is 2. The zero-order valence-electron chi connectivity index (χ0n) is 19.1. The van der Waals surface area contributed by atoms with Gasteiger partial charge in [0.05, 0.1) is 22.8 Å². The number of hydrogen-bond donors (Lipinski definition) is 2. The SMILES string of the molecule is COc1cc(C=NNC(=O)C(=O)Nc2cc(C)cc(C)c2)cc(Br)c1OCc1c(F)cccc1Cl. The van der Waals surface area contributed by atoms with Gasteiger partial charge < -0.3 is 14.8 Å². The second-order valence-electron chi connectivity index (χ2n) is 7.55. The molecule has 0 atom stereocenters. The first-order valence-electron chi connectivity index (χ1n) is 10.3. The fraction of sp³-hybridized carbons (Fsp3) is 0.160. The van der Waals surface area contributed by atoms with Crippen molar-refractivity contribution in [1.82, 2.24) is 5.43 Å². The van der Waals surface area contributed by atoms with Crippen LogP contribution < -0.4 is 20.2 Å². The lowest BCUT2D eigenvalue weighted by Crippen LogP contribution is -2.32. The predicted molar refractivity (Wildman–Crippen MR) is 137 cm³/mol. The summed E-state index contributed by atoms with van der Waals surface area (Å²) in [6, 6.07) is 13.1. The number of anilines is 1. The Labute approximate surface area is 215 Å². The van der Waals surface area contributed by atoms with Crippen molar-refractivity contribution in [2.75, 3.05) is 12.4 Å². The van der Waals surface area contributed by atoms with Gasteiger partial charge in [-0.25, -0.2) is 9.82 Å². The molecular weight excluding hydrogens is 541 g/mol. The summed E-state index contributed by atoms with van der Waals surface area (Å²) in [6.45, 7) is 3.68. The van der Waals surface area contributed by atoms with Gasteiger partial charge in [0.15, 0.2) is 11.5 Å². The van der Waals surface area contributed by atoms with E-state index in [0.29, 0.717) is 27.2 Å². The average Bonchev–Trinajstić information content (AvgIpc) is 2.78. The van der Waals surface area contributed by atoms with Crippen molar-refractivity contribution >= 4 is 51.2 Å². The van der Waals surface area contributed by atoms with Gasteiger partial charge in [-0.3, -0.25) is 9.59 Å². The van der Waals surface area contributed by atoms with Crippen molar-refractivity contribution in [1.29, 1.82) is 0 Å². The van der Waals surface area contributed by atoms with Crippen LogP contribution in [0, 0.1) is 19.7 Å². The maximum atomic E-state index is 14.0. The van der Waals surface area contributed by atoms with Gasteiger partial charge in [-0.2, -0.15) is 5.10 Å². The first-order chi connectivity index (χ1) is 16.7. The van der Waals surface area contributed by atoms with Gasteiger partial charge in [-0.05, 0) is 82.9 Å². The first kappa shape index (κ1) is 26.2. The average molecular weight is 563 g/mol.